The van der Waals surface area contributed by atoms with Gasteiger partial charge in [-0.05, 0) is 36.6 Å². The lowest BCUT2D eigenvalue weighted by Crippen LogP contribution is -1.98. The van der Waals surface area contributed by atoms with Gasteiger partial charge in [0.1, 0.15) is 6.10 Å². The van der Waals surface area contributed by atoms with Gasteiger partial charge < -0.3 is 5.11 Å². The van der Waals surface area contributed by atoms with E-state index in [2.05, 4.69) is 6.92 Å². The van der Waals surface area contributed by atoms with E-state index in [1.54, 1.807) is 0 Å². The molecular weight excluding hydrogens is 240 g/mol. The zero-order chi connectivity index (χ0) is 11.7. The van der Waals surface area contributed by atoms with E-state index in [1.165, 1.54) is 22.5 Å². The van der Waals surface area contributed by atoms with Crippen LogP contribution in [0.15, 0.2) is 29.6 Å². The number of halogens is 1. The lowest BCUT2D eigenvalue weighted by atomic mass is 10.0. The maximum atomic E-state index is 10.2. The molecule has 0 fully saturated rings. The normalized spacial score (nSPS) is 12.8. The Labute approximate surface area is 104 Å². The van der Waals surface area contributed by atoms with Crippen LogP contribution in [0, 0.1) is 13.8 Å². The summed E-state index contributed by atoms with van der Waals surface area (Å²) < 4.78 is 0. The smallest absolute Gasteiger partial charge is 0.113 e. The Kier molecular flexibility index (Phi) is 3.33. The molecule has 1 aromatic heterocycles. The summed E-state index contributed by atoms with van der Waals surface area (Å²) in [5, 5.41) is 12.7. The molecule has 3 heteroatoms. The van der Waals surface area contributed by atoms with Crippen molar-refractivity contribution in [2.75, 3.05) is 0 Å². The molecule has 1 unspecified atom stereocenters. The number of hydrogen-bond donors (Lipinski definition) is 1. The van der Waals surface area contributed by atoms with Crippen LogP contribution in [-0.2, 0) is 0 Å². The molecule has 0 spiro atoms. The van der Waals surface area contributed by atoms with Crippen LogP contribution in [0.3, 0.4) is 0 Å². The van der Waals surface area contributed by atoms with Crippen LogP contribution >= 0.6 is 22.9 Å². The Balaban J connectivity index is 2.33. The number of aliphatic hydroxyl groups excluding tert-OH is 1. The van der Waals surface area contributed by atoms with Crippen LogP contribution in [0.5, 0.6) is 0 Å². The topological polar surface area (TPSA) is 20.2 Å². The molecule has 84 valence electrons. The quantitative estimate of drug-likeness (QED) is 0.853. The minimum Gasteiger partial charge on any atom is -0.383 e. The molecular formula is C13H13ClOS. The molecule has 2 aromatic rings. The molecule has 1 heterocycles. The third-order valence-electron chi connectivity index (χ3n) is 2.70. The van der Waals surface area contributed by atoms with Crippen molar-refractivity contribution in [2.24, 2.45) is 0 Å². The fourth-order valence-electron chi connectivity index (χ4n) is 1.57. The van der Waals surface area contributed by atoms with Crippen molar-refractivity contribution >= 4 is 22.9 Å². The predicted octanol–water partition coefficient (Wildman–Crippen LogP) is 4.10. The molecule has 0 amide bonds. The first-order chi connectivity index (χ1) is 7.58. The van der Waals surface area contributed by atoms with Gasteiger partial charge in [-0.1, -0.05) is 29.8 Å². The maximum Gasteiger partial charge on any atom is 0.113 e. The summed E-state index contributed by atoms with van der Waals surface area (Å²) >= 11 is 7.33. The standard InChI is InChI=1S/C13H13ClOS/c1-8-3-4-10(5-9(8)2)13(15)12-6-11(14)7-16-12/h3-7,13,15H,1-2H3. The first-order valence-corrected chi connectivity index (χ1v) is 6.33. The predicted molar refractivity (Wildman–Crippen MR) is 69.3 cm³/mol. The summed E-state index contributed by atoms with van der Waals surface area (Å²) in [4.78, 5) is 0.883. The number of benzene rings is 1. The summed E-state index contributed by atoms with van der Waals surface area (Å²) in [6.07, 6.45) is -0.572. The van der Waals surface area contributed by atoms with Gasteiger partial charge in [0, 0.05) is 10.3 Å². The van der Waals surface area contributed by atoms with Crippen molar-refractivity contribution in [3.63, 3.8) is 0 Å². The number of aryl methyl sites for hydroxylation is 2. The fraction of sp³-hybridized carbons (Fsp3) is 0.231. The second-order valence-electron chi connectivity index (χ2n) is 3.91. The second-order valence-corrected chi connectivity index (χ2v) is 5.29. The molecule has 0 saturated heterocycles. The highest BCUT2D eigenvalue weighted by Gasteiger charge is 2.13. The molecule has 1 atom stereocenters. The molecule has 0 aliphatic rings. The molecule has 0 radical (unpaired) electrons. The Morgan fingerprint density at radius 1 is 1.19 bits per heavy atom. The Hall–Kier alpha value is -0.830. The molecule has 0 aliphatic heterocycles. The van der Waals surface area contributed by atoms with Crippen molar-refractivity contribution in [1.29, 1.82) is 0 Å². The van der Waals surface area contributed by atoms with Crippen LogP contribution in [0.4, 0.5) is 0 Å². The maximum absolute atomic E-state index is 10.2. The van der Waals surface area contributed by atoms with E-state index in [1.807, 2.05) is 36.6 Å². The minimum absolute atomic E-state index is 0.572. The molecule has 1 N–H and O–H groups in total. The molecule has 1 nitrogen and oxygen atoms in total. The molecule has 0 bridgehead atoms. The van der Waals surface area contributed by atoms with E-state index in [4.69, 9.17) is 11.6 Å². The first-order valence-electron chi connectivity index (χ1n) is 5.07. The minimum atomic E-state index is -0.572. The molecule has 2 rings (SSSR count). The zero-order valence-electron chi connectivity index (χ0n) is 9.20. The van der Waals surface area contributed by atoms with Crippen LogP contribution in [-0.4, -0.2) is 5.11 Å². The van der Waals surface area contributed by atoms with Crippen molar-refractivity contribution in [1.82, 2.24) is 0 Å². The summed E-state index contributed by atoms with van der Waals surface area (Å²) in [5.41, 5.74) is 3.35. The average Bonchev–Trinajstić information content (AvgIpc) is 2.68. The van der Waals surface area contributed by atoms with E-state index in [-0.39, 0.29) is 0 Å². The van der Waals surface area contributed by atoms with Crippen molar-refractivity contribution in [3.05, 3.63) is 56.2 Å². The van der Waals surface area contributed by atoms with Crippen LogP contribution in [0.25, 0.3) is 0 Å². The van der Waals surface area contributed by atoms with E-state index in [9.17, 15) is 5.11 Å². The fourth-order valence-corrected chi connectivity index (χ4v) is 2.66. The zero-order valence-corrected chi connectivity index (χ0v) is 10.8. The van der Waals surface area contributed by atoms with Gasteiger partial charge >= 0.3 is 0 Å². The number of aliphatic hydroxyl groups is 1. The van der Waals surface area contributed by atoms with E-state index < -0.39 is 6.10 Å². The van der Waals surface area contributed by atoms with Gasteiger partial charge in [-0.25, -0.2) is 0 Å². The van der Waals surface area contributed by atoms with Gasteiger partial charge in [0.05, 0.1) is 5.02 Å². The summed E-state index contributed by atoms with van der Waals surface area (Å²) in [7, 11) is 0. The van der Waals surface area contributed by atoms with Crippen LogP contribution < -0.4 is 0 Å². The Morgan fingerprint density at radius 3 is 2.50 bits per heavy atom. The van der Waals surface area contributed by atoms with E-state index in [0.29, 0.717) is 5.02 Å². The van der Waals surface area contributed by atoms with Gasteiger partial charge in [0.15, 0.2) is 0 Å². The van der Waals surface area contributed by atoms with Crippen molar-refractivity contribution in [2.45, 2.75) is 20.0 Å². The van der Waals surface area contributed by atoms with Crippen molar-refractivity contribution in [3.8, 4) is 0 Å². The molecule has 0 aliphatic carbocycles. The molecule has 1 aromatic carbocycles. The van der Waals surface area contributed by atoms with E-state index in [0.717, 1.165) is 10.4 Å². The van der Waals surface area contributed by atoms with Gasteiger partial charge in [-0.2, -0.15) is 0 Å². The third kappa shape index (κ3) is 2.29. The second kappa shape index (κ2) is 4.58. The summed E-state index contributed by atoms with van der Waals surface area (Å²) in [5.74, 6) is 0. The van der Waals surface area contributed by atoms with Crippen molar-refractivity contribution < 1.29 is 5.11 Å². The van der Waals surface area contributed by atoms with Gasteiger partial charge in [0.2, 0.25) is 0 Å². The van der Waals surface area contributed by atoms with E-state index >= 15 is 0 Å². The third-order valence-corrected chi connectivity index (χ3v) is 4.04. The number of rotatable bonds is 2. The first kappa shape index (κ1) is 11.6. The van der Waals surface area contributed by atoms with Crippen LogP contribution in [0.1, 0.15) is 27.7 Å². The van der Waals surface area contributed by atoms with Crippen LogP contribution in [0.2, 0.25) is 5.02 Å². The highest BCUT2D eigenvalue weighted by Crippen LogP contribution is 2.30. The highest BCUT2D eigenvalue weighted by molar-refractivity contribution is 7.10. The largest absolute Gasteiger partial charge is 0.383 e. The SMILES string of the molecule is Cc1ccc(C(O)c2cc(Cl)cs2)cc1C. The molecule has 16 heavy (non-hydrogen) atoms. The average molecular weight is 253 g/mol. The monoisotopic (exact) mass is 252 g/mol. The number of hydrogen-bond acceptors (Lipinski definition) is 2. The molecule has 0 saturated carbocycles. The lowest BCUT2D eigenvalue weighted by Gasteiger charge is -2.10. The Bertz CT molecular complexity index is 504. The van der Waals surface area contributed by atoms with Gasteiger partial charge in [-0.3, -0.25) is 0 Å². The number of thiophene rings is 1. The summed E-state index contributed by atoms with van der Waals surface area (Å²) in [6.45, 7) is 4.11. The Morgan fingerprint density at radius 2 is 1.94 bits per heavy atom. The lowest BCUT2D eigenvalue weighted by molar-refractivity contribution is 0.224. The summed E-state index contributed by atoms with van der Waals surface area (Å²) in [6, 6.07) is 7.82. The van der Waals surface area contributed by atoms with Gasteiger partial charge in [-0.15, -0.1) is 11.3 Å². The van der Waals surface area contributed by atoms with Gasteiger partial charge in [0.25, 0.3) is 0 Å². The highest BCUT2D eigenvalue weighted by atomic mass is 35.5.